The zero-order chi connectivity index (χ0) is 16.0. The van der Waals surface area contributed by atoms with Crippen molar-refractivity contribution < 1.29 is 10.2 Å². The molecule has 2 heteroatoms. The van der Waals surface area contributed by atoms with Crippen LogP contribution in [-0.4, -0.2) is 23.4 Å². The molecular formula is C20H34O2. The Kier molecular flexibility index (Phi) is 4.23. The SMILES string of the molecule is CC1(C)CCCC2(C)C1CCC1(CO)CCC(CO)=CCC12. The van der Waals surface area contributed by atoms with Gasteiger partial charge in [-0.1, -0.05) is 33.3 Å². The number of hydrogen-bond donors (Lipinski definition) is 2. The van der Waals surface area contributed by atoms with Crippen molar-refractivity contribution in [1.82, 2.24) is 0 Å². The minimum Gasteiger partial charge on any atom is -0.396 e. The van der Waals surface area contributed by atoms with Crippen molar-refractivity contribution in [3.8, 4) is 0 Å². The van der Waals surface area contributed by atoms with Gasteiger partial charge in [0.05, 0.1) is 6.61 Å². The first kappa shape index (κ1) is 16.5. The van der Waals surface area contributed by atoms with Crippen LogP contribution in [0.1, 0.15) is 72.1 Å². The van der Waals surface area contributed by atoms with Gasteiger partial charge >= 0.3 is 0 Å². The highest BCUT2D eigenvalue weighted by atomic mass is 16.3. The fourth-order valence-corrected chi connectivity index (χ4v) is 6.64. The summed E-state index contributed by atoms with van der Waals surface area (Å²) in [7, 11) is 0. The molecule has 0 aromatic rings. The lowest BCUT2D eigenvalue weighted by molar-refractivity contribution is -0.148. The van der Waals surface area contributed by atoms with E-state index in [0.29, 0.717) is 23.4 Å². The van der Waals surface area contributed by atoms with E-state index in [2.05, 4.69) is 26.8 Å². The molecule has 2 nitrogen and oxygen atoms in total. The molecule has 0 bridgehead atoms. The Morgan fingerprint density at radius 2 is 1.82 bits per heavy atom. The van der Waals surface area contributed by atoms with Crippen LogP contribution in [0.15, 0.2) is 11.6 Å². The first-order chi connectivity index (χ1) is 10.4. The van der Waals surface area contributed by atoms with Gasteiger partial charge < -0.3 is 10.2 Å². The van der Waals surface area contributed by atoms with Crippen LogP contribution in [0.25, 0.3) is 0 Å². The molecule has 0 aromatic heterocycles. The third-order valence-electron chi connectivity index (χ3n) is 7.85. The molecule has 0 aliphatic heterocycles. The van der Waals surface area contributed by atoms with Gasteiger partial charge in [0.2, 0.25) is 0 Å². The Balaban J connectivity index is 1.99. The molecule has 0 amide bonds. The zero-order valence-electron chi connectivity index (χ0n) is 14.7. The van der Waals surface area contributed by atoms with Gasteiger partial charge in [-0.15, -0.1) is 0 Å². The second kappa shape index (κ2) is 5.63. The normalized spacial score (nSPS) is 44.5. The van der Waals surface area contributed by atoms with Crippen molar-refractivity contribution in [2.24, 2.45) is 28.1 Å². The largest absolute Gasteiger partial charge is 0.396 e. The summed E-state index contributed by atoms with van der Waals surface area (Å²) < 4.78 is 0. The van der Waals surface area contributed by atoms with Gasteiger partial charge in [-0.05, 0) is 78.6 Å². The summed E-state index contributed by atoms with van der Waals surface area (Å²) in [5.41, 5.74) is 2.07. The summed E-state index contributed by atoms with van der Waals surface area (Å²) >= 11 is 0. The molecule has 3 aliphatic rings. The van der Waals surface area contributed by atoms with Gasteiger partial charge in [-0.2, -0.15) is 0 Å². The van der Waals surface area contributed by atoms with E-state index >= 15 is 0 Å². The van der Waals surface area contributed by atoms with Gasteiger partial charge in [-0.25, -0.2) is 0 Å². The number of aliphatic hydroxyl groups is 2. The molecule has 2 saturated carbocycles. The van der Waals surface area contributed by atoms with E-state index in [4.69, 9.17) is 0 Å². The monoisotopic (exact) mass is 306 g/mol. The van der Waals surface area contributed by atoms with E-state index in [1.807, 2.05) is 0 Å². The highest BCUT2D eigenvalue weighted by Crippen LogP contribution is 2.66. The number of allylic oxidation sites excluding steroid dienone is 1. The molecule has 2 N–H and O–H groups in total. The van der Waals surface area contributed by atoms with E-state index in [0.717, 1.165) is 25.2 Å². The van der Waals surface area contributed by atoms with Crippen molar-refractivity contribution in [1.29, 1.82) is 0 Å². The summed E-state index contributed by atoms with van der Waals surface area (Å²) in [5.74, 6) is 1.36. The number of aliphatic hydroxyl groups excluding tert-OH is 2. The fraction of sp³-hybridized carbons (Fsp3) is 0.900. The highest BCUT2D eigenvalue weighted by Gasteiger charge is 2.59. The second-order valence-corrected chi connectivity index (χ2v) is 9.27. The molecule has 22 heavy (non-hydrogen) atoms. The second-order valence-electron chi connectivity index (χ2n) is 9.27. The van der Waals surface area contributed by atoms with Gasteiger partial charge in [0, 0.05) is 6.61 Å². The van der Waals surface area contributed by atoms with Gasteiger partial charge in [0.15, 0.2) is 0 Å². The number of fused-ring (bicyclic) bond motifs is 3. The summed E-state index contributed by atoms with van der Waals surface area (Å²) in [6.07, 6.45) is 11.8. The van der Waals surface area contributed by atoms with Crippen LogP contribution in [-0.2, 0) is 0 Å². The third-order valence-corrected chi connectivity index (χ3v) is 7.85. The van der Waals surface area contributed by atoms with Crippen LogP contribution in [0.3, 0.4) is 0 Å². The van der Waals surface area contributed by atoms with E-state index in [1.54, 1.807) is 0 Å². The van der Waals surface area contributed by atoms with Crippen molar-refractivity contribution in [2.45, 2.75) is 72.1 Å². The number of hydrogen-bond acceptors (Lipinski definition) is 2. The Morgan fingerprint density at radius 1 is 1.05 bits per heavy atom. The van der Waals surface area contributed by atoms with E-state index in [1.165, 1.54) is 37.7 Å². The van der Waals surface area contributed by atoms with Crippen molar-refractivity contribution >= 4 is 0 Å². The standard InChI is InChI=1S/C20H34O2/c1-18(2)9-4-10-19(3)16(18)8-12-20(14-22)11-7-15(13-21)5-6-17(19)20/h5,16-17,21-22H,4,6-14H2,1-3H3. The Morgan fingerprint density at radius 3 is 2.50 bits per heavy atom. The van der Waals surface area contributed by atoms with Crippen molar-refractivity contribution in [2.75, 3.05) is 13.2 Å². The van der Waals surface area contributed by atoms with Crippen LogP contribution in [0, 0.1) is 28.1 Å². The molecule has 0 radical (unpaired) electrons. The third kappa shape index (κ3) is 2.38. The lowest BCUT2D eigenvalue weighted by Gasteiger charge is -2.63. The summed E-state index contributed by atoms with van der Waals surface area (Å²) in [6, 6.07) is 0. The predicted octanol–water partition coefficient (Wildman–Crippen LogP) is 4.31. The van der Waals surface area contributed by atoms with Crippen molar-refractivity contribution in [3.63, 3.8) is 0 Å². The minimum absolute atomic E-state index is 0.0894. The van der Waals surface area contributed by atoms with Gasteiger partial charge in [0.25, 0.3) is 0 Å². The first-order valence-corrected chi connectivity index (χ1v) is 9.28. The molecule has 4 unspecified atom stereocenters. The van der Waals surface area contributed by atoms with Crippen LogP contribution in [0.5, 0.6) is 0 Å². The summed E-state index contributed by atoms with van der Waals surface area (Å²) in [6.45, 7) is 7.97. The lowest BCUT2D eigenvalue weighted by atomic mass is 9.42. The molecule has 4 atom stereocenters. The van der Waals surface area contributed by atoms with E-state index in [-0.39, 0.29) is 12.0 Å². The van der Waals surface area contributed by atoms with Crippen LogP contribution >= 0.6 is 0 Å². The topological polar surface area (TPSA) is 40.5 Å². The van der Waals surface area contributed by atoms with Gasteiger partial charge in [0.1, 0.15) is 0 Å². The van der Waals surface area contributed by atoms with Crippen LogP contribution < -0.4 is 0 Å². The van der Waals surface area contributed by atoms with Crippen molar-refractivity contribution in [3.05, 3.63) is 11.6 Å². The zero-order valence-corrected chi connectivity index (χ0v) is 14.7. The van der Waals surface area contributed by atoms with E-state index < -0.39 is 0 Å². The molecule has 0 aromatic carbocycles. The molecule has 2 fully saturated rings. The minimum atomic E-state index is 0.0894. The highest BCUT2D eigenvalue weighted by molar-refractivity contribution is 5.15. The lowest BCUT2D eigenvalue weighted by Crippen LogP contribution is -2.56. The molecule has 126 valence electrons. The number of rotatable bonds is 2. The molecule has 0 spiro atoms. The van der Waals surface area contributed by atoms with Gasteiger partial charge in [-0.3, -0.25) is 0 Å². The van der Waals surface area contributed by atoms with E-state index in [9.17, 15) is 10.2 Å². The molecule has 3 rings (SSSR count). The summed E-state index contributed by atoms with van der Waals surface area (Å²) in [5, 5.41) is 19.9. The maximum atomic E-state index is 10.3. The molecule has 0 saturated heterocycles. The predicted molar refractivity (Wildman–Crippen MR) is 90.5 cm³/mol. The first-order valence-electron chi connectivity index (χ1n) is 9.28. The maximum Gasteiger partial charge on any atom is 0.0641 e. The van der Waals surface area contributed by atoms with Crippen LogP contribution in [0.4, 0.5) is 0 Å². The molecular weight excluding hydrogens is 272 g/mol. The molecule has 3 aliphatic carbocycles. The average Bonchev–Trinajstić information content (AvgIpc) is 2.67. The average molecular weight is 306 g/mol. The smallest absolute Gasteiger partial charge is 0.0641 e. The maximum absolute atomic E-state index is 10.3. The Hall–Kier alpha value is -0.340. The van der Waals surface area contributed by atoms with Crippen LogP contribution in [0.2, 0.25) is 0 Å². The quantitative estimate of drug-likeness (QED) is 0.746. The Labute approximate surface area is 136 Å². The fourth-order valence-electron chi connectivity index (χ4n) is 6.64. The summed E-state index contributed by atoms with van der Waals surface area (Å²) in [4.78, 5) is 0. The molecule has 0 heterocycles. The Bertz CT molecular complexity index is 453.